The van der Waals surface area contributed by atoms with Crippen molar-refractivity contribution in [3.05, 3.63) is 35.4 Å². The van der Waals surface area contributed by atoms with Gasteiger partial charge in [-0.15, -0.1) is 0 Å². The van der Waals surface area contributed by atoms with Gasteiger partial charge >= 0.3 is 0 Å². The van der Waals surface area contributed by atoms with E-state index < -0.39 is 0 Å². The molecule has 0 unspecified atom stereocenters. The van der Waals surface area contributed by atoms with E-state index in [1.165, 1.54) is 12.4 Å². The molecular weight excluding hydrogens is 218 g/mol. The number of hydrogen-bond donors (Lipinski definition) is 1. The monoisotopic (exact) mass is 231 g/mol. The first kappa shape index (κ1) is 11.3. The average molecular weight is 231 g/mol. The number of rotatable bonds is 2. The van der Waals surface area contributed by atoms with E-state index >= 15 is 0 Å². The van der Waals surface area contributed by atoms with Gasteiger partial charge in [-0.25, -0.2) is 0 Å². The Bertz CT molecular complexity index is 546. The highest BCUT2D eigenvalue weighted by atomic mass is 16.1. The molecule has 0 aliphatic heterocycles. The van der Waals surface area contributed by atoms with Crippen molar-refractivity contribution in [1.29, 1.82) is 0 Å². The summed E-state index contributed by atoms with van der Waals surface area (Å²) in [5.74, 6) is -0.209. The highest BCUT2D eigenvalue weighted by Crippen LogP contribution is 2.18. The summed E-state index contributed by atoms with van der Waals surface area (Å²) < 4.78 is 1.73. The van der Waals surface area contributed by atoms with Crippen LogP contribution in [0.3, 0.4) is 0 Å². The summed E-state index contributed by atoms with van der Waals surface area (Å²) in [6, 6.07) is 1.61. The van der Waals surface area contributed by atoms with Crippen LogP contribution in [0.4, 0.5) is 5.69 Å². The van der Waals surface area contributed by atoms with Gasteiger partial charge in [-0.1, -0.05) is 0 Å². The van der Waals surface area contributed by atoms with Crippen molar-refractivity contribution in [3.63, 3.8) is 0 Å². The summed E-state index contributed by atoms with van der Waals surface area (Å²) in [6.45, 7) is 3.76. The lowest BCUT2D eigenvalue weighted by Gasteiger charge is -2.04. The van der Waals surface area contributed by atoms with E-state index in [1.807, 2.05) is 20.9 Å². The number of aryl methyl sites for hydroxylation is 2. The largest absolute Gasteiger partial charge is 0.319 e. The van der Waals surface area contributed by atoms with Crippen LogP contribution in [-0.2, 0) is 7.05 Å². The zero-order chi connectivity index (χ0) is 12.4. The Morgan fingerprint density at radius 2 is 2.12 bits per heavy atom. The second-order valence-electron chi connectivity index (χ2n) is 3.75. The number of anilines is 1. The number of nitrogens with one attached hydrogen (secondary N) is 1. The second-order valence-corrected chi connectivity index (χ2v) is 3.75. The molecule has 0 aliphatic rings. The minimum Gasteiger partial charge on any atom is -0.319 e. The summed E-state index contributed by atoms with van der Waals surface area (Å²) in [5, 5.41) is 14.4. The molecular formula is C11H13N5O. The normalized spacial score (nSPS) is 10.3. The first-order valence-electron chi connectivity index (χ1n) is 5.18. The Morgan fingerprint density at radius 3 is 2.65 bits per heavy atom. The van der Waals surface area contributed by atoms with E-state index in [0.717, 1.165) is 17.1 Å². The van der Waals surface area contributed by atoms with Crippen LogP contribution in [0.25, 0.3) is 0 Å². The molecule has 2 aromatic heterocycles. The number of aromatic nitrogens is 4. The van der Waals surface area contributed by atoms with Crippen LogP contribution in [0.5, 0.6) is 0 Å². The molecule has 0 saturated heterocycles. The highest BCUT2D eigenvalue weighted by Gasteiger charge is 2.13. The molecule has 0 radical (unpaired) electrons. The first-order chi connectivity index (χ1) is 8.09. The van der Waals surface area contributed by atoms with Gasteiger partial charge in [0.05, 0.1) is 35.0 Å². The smallest absolute Gasteiger partial charge is 0.257 e. The number of nitrogens with zero attached hydrogens (tertiary/aromatic N) is 4. The zero-order valence-electron chi connectivity index (χ0n) is 9.93. The standard InChI is InChI=1S/C11H13N5O/c1-7-10(8(2)16(3)15-7)14-11(17)9-4-5-12-13-6-9/h4-6H,1-3H3,(H,14,17). The molecule has 0 saturated carbocycles. The van der Waals surface area contributed by atoms with Gasteiger partial charge in [-0.05, 0) is 19.9 Å². The summed E-state index contributed by atoms with van der Waals surface area (Å²) in [7, 11) is 1.84. The Labute approximate surface area is 98.7 Å². The van der Waals surface area contributed by atoms with E-state index in [4.69, 9.17) is 0 Å². The molecule has 0 spiro atoms. The molecule has 0 aliphatic carbocycles. The maximum Gasteiger partial charge on any atom is 0.257 e. The van der Waals surface area contributed by atoms with Crippen molar-refractivity contribution in [2.75, 3.05) is 5.32 Å². The SMILES string of the molecule is Cc1nn(C)c(C)c1NC(=O)c1ccnnc1. The molecule has 0 fully saturated rings. The molecule has 1 amide bonds. The van der Waals surface area contributed by atoms with Crippen LogP contribution in [0.15, 0.2) is 18.5 Å². The van der Waals surface area contributed by atoms with Gasteiger partial charge in [0.25, 0.3) is 5.91 Å². The average Bonchev–Trinajstić information content (AvgIpc) is 2.57. The van der Waals surface area contributed by atoms with Crippen LogP contribution < -0.4 is 5.32 Å². The summed E-state index contributed by atoms with van der Waals surface area (Å²) in [5.41, 5.74) is 2.93. The molecule has 0 atom stereocenters. The number of carbonyl (C=O) groups is 1. The maximum absolute atomic E-state index is 11.9. The second kappa shape index (κ2) is 4.32. The summed E-state index contributed by atoms with van der Waals surface area (Å²) in [6.07, 6.45) is 2.91. The van der Waals surface area contributed by atoms with Gasteiger partial charge < -0.3 is 5.32 Å². The maximum atomic E-state index is 11.9. The predicted molar refractivity (Wildman–Crippen MR) is 62.7 cm³/mol. The first-order valence-corrected chi connectivity index (χ1v) is 5.18. The number of carbonyl (C=O) groups excluding carboxylic acids is 1. The third-order valence-electron chi connectivity index (χ3n) is 2.59. The Morgan fingerprint density at radius 1 is 1.35 bits per heavy atom. The van der Waals surface area contributed by atoms with E-state index in [2.05, 4.69) is 20.6 Å². The molecule has 88 valence electrons. The topological polar surface area (TPSA) is 72.7 Å². The van der Waals surface area contributed by atoms with E-state index in [9.17, 15) is 4.79 Å². The van der Waals surface area contributed by atoms with Crippen LogP contribution in [-0.4, -0.2) is 25.9 Å². The summed E-state index contributed by atoms with van der Waals surface area (Å²) >= 11 is 0. The summed E-state index contributed by atoms with van der Waals surface area (Å²) in [4.78, 5) is 11.9. The molecule has 0 bridgehead atoms. The van der Waals surface area contributed by atoms with Crippen molar-refractivity contribution < 1.29 is 4.79 Å². The Hall–Kier alpha value is -2.24. The molecule has 1 N–H and O–H groups in total. The van der Waals surface area contributed by atoms with Crippen molar-refractivity contribution in [2.24, 2.45) is 7.05 Å². The third kappa shape index (κ3) is 2.15. The molecule has 0 aromatic carbocycles. The van der Waals surface area contributed by atoms with E-state index in [0.29, 0.717) is 5.56 Å². The Kier molecular flexibility index (Phi) is 2.86. The van der Waals surface area contributed by atoms with Gasteiger partial charge in [0.1, 0.15) is 0 Å². The zero-order valence-corrected chi connectivity index (χ0v) is 9.93. The highest BCUT2D eigenvalue weighted by molar-refractivity contribution is 6.04. The molecule has 2 aromatic rings. The van der Waals surface area contributed by atoms with Gasteiger partial charge in [0.2, 0.25) is 0 Å². The minimum atomic E-state index is -0.209. The predicted octanol–water partition coefficient (Wildman–Crippen LogP) is 1.08. The molecule has 17 heavy (non-hydrogen) atoms. The van der Waals surface area contributed by atoms with Gasteiger partial charge in [-0.3, -0.25) is 9.48 Å². The molecule has 6 nitrogen and oxygen atoms in total. The van der Waals surface area contributed by atoms with Crippen LogP contribution in [0, 0.1) is 13.8 Å². The molecule has 2 heterocycles. The Balaban J connectivity index is 2.25. The minimum absolute atomic E-state index is 0.209. The number of hydrogen-bond acceptors (Lipinski definition) is 4. The lowest BCUT2D eigenvalue weighted by atomic mass is 10.2. The number of amides is 1. The fraction of sp³-hybridized carbons (Fsp3) is 0.273. The lowest BCUT2D eigenvalue weighted by molar-refractivity contribution is 0.102. The fourth-order valence-corrected chi connectivity index (χ4v) is 1.57. The lowest BCUT2D eigenvalue weighted by Crippen LogP contribution is -2.13. The van der Waals surface area contributed by atoms with Gasteiger partial charge in [0, 0.05) is 7.05 Å². The van der Waals surface area contributed by atoms with Gasteiger partial charge in [-0.2, -0.15) is 15.3 Å². The van der Waals surface area contributed by atoms with Crippen molar-refractivity contribution in [2.45, 2.75) is 13.8 Å². The van der Waals surface area contributed by atoms with Crippen molar-refractivity contribution >= 4 is 11.6 Å². The molecule has 6 heteroatoms. The molecule has 2 rings (SSSR count). The van der Waals surface area contributed by atoms with Crippen LogP contribution in [0.1, 0.15) is 21.7 Å². The van der Waals surface area contributed by atoms with E-state index in [1.54, 1.807) is 10.7 Å². The fourth-order valence-electron chi connectivity index (χ4n) is 1.57. The van der Waals surface area contributed by atoms with Crippen molar-refractivity contribution in [1.82, 2.24) is 20.0 Å². The van der Waals surface area contributed by atoms with Crippen LogP contribution in [0.2, 0.25) is 0 Å². The van der Waals surface area contributed by atoms with E-state index in [-0.39, 0.29) is 5.91 Å². The van der Waals surface area contributed by atoms with Crippen molar-refractivity contribution in [3.8, 4) is 0 Å². The quantitative estimate of drug-likeness (QED) is 0.839. The van der Waals surface area contributed by atoms with Crippen LogP contribution >= 0.6 is 0 Å². The van der Waals surface area contributed by atoms with Gasteiger partial charge in [0.15, 0.2) is 0 Å². The third-order valence-corrected chi connectivity index (χ3v) is 2.59.